The number of amides is 1. The Balaban J connectivity index is 1.18. The van der Waals surface area contributed by atoms with Gasteiger partial charge < -0.3 is 23.5 Å². The monoisotopic (exact) mass is 389 g/mol. The van der Waals surface area contributed by atoms with Crippen molar-refractivity contribution < 1.29 is 18.8 Å². The van der Waals surface area contributed by atoms with E-state index in [1.807, 2.05) is 11.9 Å². The predicted octanol–water partition coefficient (Wildman–Crippen LogP) is 1.56. The second-order valence-corrected chi connectivity index (χ2v) is 7.47. The van der Waals surface area contributed by atoms with Crippen LogP contribution in [0.15, 0.2) is 17.0 Å². The fourth-order valence-corrected chi connectivity index (χ4v) is 3.71. The fraction of sp³-hybridized carbons (Fsp3) is 0.684. The third kappa shape index (κ3) is 4.59. The molecule has 2 aliphatic rings. The third-order valence-corrected chi connectivity index (χ3v) is 5.39. The number of aryl methyl sites for hydroxylation is 1. The van der Waals surface area contributed by atoms with Crippen LogP contribution in [0, 0.1) is 0 Å². The predicted molar refractivity (Wildman–Crippen MR) is 98.9 cm³/mol. The molecule has 2 aliphatic heterocycles. The van der Waals surface area contributed by atoms with Gasteiger partial charge in [-0.15, -0.1) is 0 Å². The molecule has 0 bridgehead atoms. The van der Waals surface area contributed by atoms with Crippen molar-refractivity contribution in [3.8, 4) is 0 Å². The molecule has 0 aromatic carbocycles. The summed E-state index contributed by atoms with van der Waals surface area (Å²) in [4.78, 5) is 22.9. The van der Waals surface area contributed by atoms with Crippen LogP contribution >= 0.6 is 0 Å². The number of rotatable bonds is 6. The molecule has 2 fully saturated rings. The summed E-state index contributed by atoms with van der Waals surface area (Å²) >= 11 is 0. The summed E-state index contributed by atoms with van der Waals surface area (Å²) in [5, 5.41) is 4.08. The number of hydrogen-bond acceptors (Lipinski definition) is 7. The number of piperidine rings is 1. The molecule has 0 radical (unpaired) electrons. The van der Waals surface area contributed by atoms with Gasteiger partial charge in [0.25, 0.3) is 5.91 Å². The topological polar surface area (TPSA) is 95.5 Å². The van der Waals surface area contributed by atoms with Gasteiger partial charge in [0.1, 0.15) is 5.69 Å². The number of aromatic nitrogens is 4. The molecule has 2 saturated heterocycles. The number of carbonyl (C=O) groups excluding carboxylic acids is 1. The first-order chi connectivity index (χ1) is 13.7. The lowest BCUT2D eigenvalue weighted by Gasteiger charge is -2.31. The zero-order chi connectivity index (χ0) is 19.3. The number of hydrogen-bond donors (Lipinski definition) is 0. The molecule has 0 aliphatic carbocycles. The van der Waals surface area contributed by atoms with Crippen LogP contribution in [0.3, 0.4) is 0 Å². The van der Waals surface area contributed by atoms with Crippen LogP contribution in [0.5, 0.6) is 0 Å². The molecule has 28 heavy (non-hydrogen) atoms. The van der Waals surface area contributed by atoms with E-state index in [1.165, 1.54) is 0 Å². The summed E-state index contributed by atoms with van der Waals surface area (Å²) in [7, 11) is 1.86. The van der Waals surface area contributed by atoms with E-state index in [2.05, 4.69) is 15.1 Å². The third-order valence-electron chi connectivity index (χ3n) is 5.39. The molecule has 0 unspecified atom stereocenters. The van der Waals surface area contributed by atoms with Crippen molar-refractivity contribution in [2.45, 2.75) is 44.1 Å². The van der Waals surface area contributed by atoms with Gasteiger partial charge in [0.15, 0.2) is 5.82 Å². The molecule has 0 atom stereocenters. The van der Waals surface area contributed by atoms with E-state index in [9.17, 15) is 4.79 Å². The number of likely N-dealkylation sites (tertiary alicyclic amines) is 1. The van der Waals surface area contributed by atoms with Gasteiger partial charge >= 0.3 is 0 Å². The van der Waals surface area contributed by atoms with Crippen molar-refractivity contribution in [2.75, 3.05) is 32.9 Å². The van der Waals surface area contributed by atoms with Crippen molar-refractivity contribution in [1.29, 1.82) is 0 Å². The van der Waals surface area contributed by atoms with Gasteiger partial charge in [-0.05, 0) is 25.7 Å². The maximum absolute atomic E-state index is 12.4. The van der Waals surface area contributed by atoms with Crippen molar-refractivity contribution in [3.05, 3.63) is 29.9 Å². The molecule has 4 rings (SSSR count). The Morgan fingerprint density at radius 3 is 2.75 bits per heavy atom. The van der Waals surface area contributed by atoms with Crippen molar-refractivity contribution in [3.63, 3.8) is 0 Å². The quantitative estimate of drug-likeness (QED) is 0.740. The van der Waals surface area contributed by atoms with Crippen LogP contribution in [0.2, 0.25) is 0 Å². The second-order valence-electron chi connectivity index (χ2n) is 7.47. The minimum Gasteiger partial charge on any atom is -0.381 e. The molecule has 0 saturated carbocycles. The zero-order valence-electron chi connectivity index (χ0n) is 16.2. The highest BCUT2D eigenvalue weighted by Crippen LogP contribution is 2.25. The smallest absolute Gasteiger partial charge is 0.274 e. The first-order valence-corrected chi connectivity index (χ1v) is 9.98. The van der Waals surface area contributed by atoms with Crippen LogP contribution in [0.25, 0.3) is 0 Å². The van der Waals surface area contributed by atoms with E-state index in [0.29, 0.717) is 43.6 Å². The van der Waals surface area contributed by atoms with Gasteiger partial charge in [0, 0.05) is 51.9 Å². The van der Waals surface area contributed by atoms with E-state index in [4.69, 9.17) is 14.0 Å². The van der Waals surface area contributed by atoms with Gasteiger partial charge in [0.2, 0.25) is 5.89 Å². The Morgan fingerprint density at radius 1 is 1.25 bits per heavy atom. The van der Waals surface area contributed by atoms with E-state index in [1.54, 1.807) is 17.1 Å². The average Bonchev–Trinajstić information content (AvgIpc) is 3.38. The standard InChI is InChI=1S/C19H27N5O4/c1-23-12-16(20-13-23)19(25)24-7-2-15(3-8-24)27-11-6-17-21-18(28-22-17)14-4-9-26-10-5-14/h12-15H,2-11H2,1H3. The van der Waals surface area contributed by atoms with E-state index in [-0.39, 0.29) is 12.0 Å². The first kappa shape index (κ1) is 19.1. The summed E-state index contributed by atoms with van der Waals surface area (Å²) in [6.07, 6.45) is 7.74. The maximum Gasteiger partial charge on any atom is 0.274 e. The molecule has 1 amide bonds. The summed E-state index contributed by atoms with van der Waals surface area (Å²) < 4.78 is 18.5. The van der Waals surface area contributed by atoms with Crippen molar-refractivity contribution in [1.82, 2.24) is 24.6 Å². The lowest BCUT2D eigenvalue weighted by Crippen LogP contribution is -2.41. The van der Waals surface area contributed by atoms with Crippen LogP contribution in [-0.4, -0.2) is 69.5 Å². The summed E-state index contributed by atoms with van der Waals surface area (Å²) in [6.45, 7) is 3.46. The van der Waals surface area contributed by atoms with E-state index >= 15 is 0 Å². The Morgan fingerprint density at radius 2 is 2.04 bits per heavy atom. The molecule has 9 heteroatoms. The highest BCUT2D eigenvalue weighted by atomic mass is 16.5. The van der Waals surface area contributed by atoms with E-state index < -0.39 is 0 Å². The van der Waals surface area contributed by atoms with Crippen molar-refractivity contribution >= 4 is 5.91 Å². The Labute approximate surface area is 164 Å². The SMILES string of the molecule is Cn1cnc(C(=O)N2CCC(OCCc3noc(C4CCOCC4)n3)CC2)c1. The van der Waals surface area contributed by atoms with Crippen LogP contribution < -0.4 is 0 Å². The Hall–Kier alpha value is -2.26. The lowest BCUT2D eigenvalue weighted by atomic mass is 10.0. The Bertz CT molecular complexity index is 775. The molecular weight excluding hydrogens is 362 g/mol. The lowest BCUT2D eigenvalue weighted by molar-refractivity contribution is 0.00932. The van der Waals surface area contributed by atoms with Gasteiger partial charge in [-0.3, -0.25) is 4.79 Å². The number of carbonyl (C=O) groups is 1. The molecule has 2 aromatic rings. The molecule has 4 heterocycles. The van der Waals surface area contributed by atoms with Gasteiger partial charge in [-0.2, -0.15) is 4.98 Å². The summed E-state index contributed by atoms with van der Waals surface area (Å²) in [6, 6.07) is 0. The minimum atomic E-state index is -0.00788. The number of imidazole rings is 1. The summed E-state index contributed by atoms with van der Waals surface area (Å²) in [5.74, 6) is 1.73. The van der Waals surface area contributed by atoms with E-state index in [0.717, 1.165) is 44.8 Å². The van der Waals surface area contributed by atoms with Gasteiger partial charge in [-0.25, -0.2) is 4.98 Å². The highest BCUT2D eigenvalue weighted by molar-refractivity contribution is 5.92. The molecule has 9 nitrogen and oxygen atoms in total. The average molecular weight is 389 g/mol. The normalized spacial score (nSPS) is 19.2. The second kappa shape index (κ2) is 8.83. The molecule has 152 valence electrons. The molecule has 2 aromatic heterocycles. The van der Waals surface area contributed by atoms with Crippen LogP contribution in [0.1, 0.15) is 53.8 Å². The molecular formula is C19H27N5O4. The molecule has 0 spiro atoms. The minimum absolute atomic E-state index is 0.00788. The first-order valence-electron chi connectivity index (χ1n) is 9.98. The molecule has 0 N–H and O–H groups in total. The van der Waals surface area contributed by atoms with Crippen LogP contribution in [-0.2, 0) is 22.9 Å². The Kier molecular flexibility index (Phi) is 6.01. The maximum atomic E-state index is 12.4. The van der Waals surface area contributed by atoms with Crippen LogP contribution in [0.4, 0.5) is 0 Å². The summed E-state index contributed by atoms with van der Waals surface area (Å²) in [5.41, 5.74) is 0.499. The van der Waals surface area contributed by atoms with Crippen molar-refractivity contribution in [2.24, 2.45) is 7.05 Å². The highest BCUT2D eigenvalue weighted by Gasteiger charge is 2.25. The fourth-order valence-electron chi connectivity index (χ4n) is 3.71. The number of ether oxygens (including phenoxy) is 2. The van der Waals surface area contributed by atoms with Gasteiger partial charge in [0.05, 0.1) is 19.0 Å². The van der Waals surface area contributed by atoms with Gasteiger partial charge in [-0.1, -0.05) is 5.16 Å². The zero-order valence-corrected chi connectivity index (χ0v) is 16.2. The largest absolute Gasteiger partial charge is 0.381 e. The number of nitrogens with zero attached hydrogens (tertiary/aromatic N) is 5.